The summed E-state index contributed by atoms with van der Waals surface area (Å²) in [6.07, 6.45) is 4.05. The first-order chi connectivity index (χ1) is 6.36. The number of hydrogen-bond donors (Lipinski definition) is 0. The summed E-state index contributed by atoms with van der Waals surface area (Å²) in [7, 11) is 0. The van der Waals surface area contributed by atoms with Crippen LogP contribution >= 0.6 is 11.6 Å². The molecule has 13 heavy (non-hydrogen) atoms. The lowest BCUT2D eigenvalue weighted by Gasteiger charge is -2.02. The van der Waals surface area contributed by atoms with Gasteiger partial charge in [0.1, 0.15) is 5.75 Å². The van der Waals surface area contributed by atoms with E-state index in [1.165, 1.54) is 6.26 Å². The highest BCUT2D eigenvalue weighted by atomic mass is 35.5. The number of hydrogen-bond acceptors (Lipinski definition) is 2. The second kappa shape index (κ2) is 3.54. The van der Waals surface area contributed by atoms with E-state index in [9.17, 15) is 0 Å². The van der Waals surface area contributed by atoms with E-state index in [0.29, 0.717) is 16.5 Å². The van der Waals surface area contributed by atoms with Crippen molar-refractivity contribution in [2.24, 2.45) is 0 Å². The molecule has 0 spiro atoms. The summed E-state index contributed by atoms with van der Waals surface area (Å²) >= 11 is 5.87. The Morgan fingerprint density at radius 1 is 1.23 bits per heavy atom. The van der Waals surface area contributed by atoms with Gasteiger partial charge in [0.2, 0.25) is 6.26 Å². The highest BCUT2D eigenvalue weighted by Gasteiger charge is 2.02. The molecule has 0 bridgehead atoms. The third-order valence-electron chi connectivity index (χ3n) is 1.50. The van der Waals surface area contributed by atoms with Crippen molar-refractivity contribution in [2.45, 2.75) is 0 Å². The topological polar surface area (TPSA) is 22.4 Å². The molecule has 0 aliphatic rings. The summed E-state index contributed by atoms with van der Waals surface area (Å²) in [6.45, 7) is 0. The lowest BCUT2D eigenvalue weighted by atomic mass is 10.3. The Morgan fingerprint density at radius 2 is 2.08 bits per heavy atom. The molecule has 0 amide bonds. The van der Waals surface area contributed by atoms with Crippen molar-refractivity contribution in [1.29, 1.82) is 0 Å². The van der Waals surface area contributed by atoms with Crippen LogP contribution in [0.4, 0.5) is 0 Å². The van der Waals surface area contributed by atoms with Gasteiger partial charge in [-0.05, 0) is 12.1 Å². The van der Waals surface area contributed by atoms with E-state index in [4.69, 9.17) is 20.8 Å². The van der Waals surface area contributed by atoms with Crippen molar-refractivity contribution in [2.75, 3.05) is 0 Å². The Hall–Kier alpha value is -1.41. The highest BCUT2D eigenvalue weighted by Crippen LogP contribution is 2.28. The molecular formula is C10H6ClO2. The van der Waals surface area contributed by atoms with Crippen LogP contribution in [-0.4, -0.2) is 0 Å². The van der Waals surface area contributed by atoms with Gasteiger partial charge in [-0.3, -0.25) is 0 Å². The number of rotatable bonds is 2. The molecule has 0 atom stereocenters. The Balaban J connectivity index is 2.24. The first-order valence-electron chi connectivity index (χ1n) is 3.74. The van der Waals surface area contributed by atoms with E-state index in [2.05, 4.69) is 6.26 Å². The lowest BCUT2D eigenvalue weighted by Crippen LogP contribution is -1.81. The summed E-state index contributed by atoms with van der Waals surface area (Å²) in [5.41, 5.74) is 0. The fraction of sp³-hybridized carbons (Fsp3) is 0. The smallest absolute Gasteiger partial charge is 0.215 e. The van der Waals surface area contributed by atoms with Gasteiger partial charge in [-0.25, -0.2) is 0 Å². The molecule has 0 saturated carbocycles. The summed E-state index contributed by atoms with van der Waals surface area (Å²) in [5.74, 6) is 1.12. The van der Waals surface area contributed by atoms with Crippen LogP contribution in [0.1, 0.15) is 0 Å². The van der Waals surface area contributed by atoms with E-state index >= 15 is 0 Å². The van der Waals surface area contributed by atoms with E-state index in [0.717, 1.165) is 0 Å². The molecule has 0 aliphatic carbocycles. The average Bonchev–Trinajstić information content (AvgIpc) is 2.61. The monoisotopic (exact) mass is 193 g/mol. The van der Waals surface area contributed by atoms with Crippen LogP contribution in [0.5, 0.6) is 11.5 Å². The number of halogens is 1. The van der Waals surface area contributed by atoms with Gasteiger partial charge in [0.05, 0.1) is 11.3 Å². The number of para-hydroxylation sites is 1. The van der Waals surface area contributed by atoms with Crippen molar-refractivity contribution in [3.05, 3.63) is 47.9 Å². The van der Waals surface area contributed by atoms with E-state index in [1.54, 1.807) is 18.2 Å². The van der Waals surface area contributed by atoms with Crippen molar-refractivity contribution in [3.8, 4) is 11.5 Å². The van der Waals surface area contributed by atoms with E-state index in [1.807, 2.05) is 12.1 Å². The van der Waals surface area contributed by atoms with Crippen molar-refractivity contribution >= 4 is 11.6 Å². The van der Waals surface area contributed by atoms with Crippen molar-refractivity contribution in [3.63, 3.8) is 0 Å². The maximum Gasteiger partial charge on any atom is 0.215 e. The van der Waals surface area contributed by atoms with Crippen LogP contribution in [0.3, 0.4) is 0 Å². The fourth-order valence-electron chi connectivity index (χ4n) is 0.923. The van der Waals surface area contributed by atoms with E-state index in [-0.39, 0.29) is 0 Å². The molecule has 0 aliphatic heterocycles. The Kier molecular flexibility index (Phi) is 2.23. The van der Waals surface area contributed by atoms with Gasteiger partial charge in [0.15, 0.2) is 5.75 Å². The van der Waals surface area contributed by atoms with Gasteiger partial charge in [0, 0.05) is 6.07 Å². The Labute approximate surface area is 80.7 Å². The number of benzene rings is 1. The minimum Gasteiger partial charge on any atom is -0.457 e. The molecule has 1 aromatic carbocycles. The minimum absolute atomic E-state index is 0.521. The van der Waals surface area contributed by atoms with E-state index < -0.39 is 0 Å². The molecule has 2 aromatic rings. The lowest BCUT2D eigenvalue weighted by molar-refractivity contribution is 0.462. The molecule has 0 N–H and O–H groups in total. The highest BCUT2D eigenvalue weighted by molar-refractivity contribution is 6.32. The summed E-state index contributed by atoms with van der Waals surface area (Å²) in [4.78, 5) is 0. The SMILES string of the molecule is Clc1ccccc1Oc1[c]occ1. The molecule has 0 fully saturated rings. The summed E-state index contributed by atoms with van der Waals surface area (Å²) in [5, 5.41) is 0.567. The van der Waals surface area contributed by atoms with Gasteiger partial charge in [-0.15, -0.1) is 0 Å². The quantitative estimate of drug-likeness (QED) is 0.728. The zero-order valence-corrected chi connectivity index (χ0v) is 7.41. The fourth-order valence-corrected chi connectivity index (χ4v) is 1.10. The third kappa shape index (κ3) is 1.84. The average molecular weight is 194 g/mol. The van der Waals surface area contributed by atoms with Gasteiger partial charge in [0.25, 0.3) is 0 Å². The minimum atomic E-state index is 0.521. The first kappa shape index (κ1) is 8.20. The van der Waals surface area contributed by atoms with Crippen LogP contribution in [0.15, 0.2) is 41.0 Å². The van der Waals surface area contributed by atoms with Gasteiger partial charge in [-0.1, -0.05) is 23.7 Å². The van der Waals surface area contributed by atoms with Crippen molar-refractivity contribution in [1.82, 2.24) is 0 Å². The second-order valence-electron chi connectivity index (χ2n) is 2.42. The molecule has 0 unspecified atom stereocenters. The van der Waals surface area contributed by atoms with Crippen molar-refractivity contribution < 1.29 is 9.15 Å². The standard InChI is InChI=1S/C10H6ClO2/c11-9-3-1-2-4-10(9)13-8-5-6-12-7-8/h1-6H. The molecule has 2 rings (SSSR count). The summed E-state index contributed by atoms with van der Waals surface area (Å²) < 4.78 is 10.1. The van der Waals surface area contributed by atoms with Gasteiger partial charge >= 0.3 is 0 Å². The molecule has 1 heterocycles. The van der Waals surface area contributed by atoms with Crippen LogP contribution in [0, 0.1) is 6.26 Å². The normalized spacial score (nSPS) is 9.92. The molecule has 2 nitrogen and oxygen atoms in total. The zero-order chi connectivity index (χ0) is 9.10. The Morgan fingerprint density at radius 3 is 2.77 bits per heavy atom. The predicted octanol–water partition coefficient (Wildman–Crippen LogP) is 3.53. The third-order valence-corrected chi connectivity index (χ3v) is 1.82. The number of ether oxygens (including phenoxy) is 1. The molecule has 1 radical (unpaired) electrons. The van der Waals surface area contributed by atoms with Gasteiger partial charge < -0.3 is 9.15 Å². The molecule has 3 heteroatoms. The second-order valence-corrected chi connectivity index (χ2v) is 2.83. The Bertz CT molecular complexity index is 382. The molecule has 0 saturated heterocycles. The van der Waals surface area contributed by atoms with Crippen LogP contribution in [-0.2, 0) is 0 Å². The maximum atomic E-state index is 5.87. The molecular weight excluding hydrogens is 188 g/mol. The van der Waals surface area contributed by atoms with Crippen LogP contribution in [0.2, 0.25) is 5.02 Å². The maximum absolute atomic E-state index is 5.87. The molecule has 65 valence electrons. The first-order valence-corrected chi connectivity index (χ1v) is 4.11. The van der Waals surface area contributed by atoms with Crippen LogP contribution < -0.4 is 4.74 Å². The molecule has 1 aromatic heterocycles. The zero-order valence-electron chi connectivity index (χ0n) is 6.66. The predicted molar refractivity (Wildman–Crippen MR) is 49.1 cm³/mol. The number of furan rings is 1. The van der Waals surface area contributed by atoms with Gasteiger partial charge in [-0.2, -0.15) is 0 Å². The van der Waals surface area contributed by atoms with Crippen LogP contribution in [0.25, 0.3) is 0 Å². The largest absolute Gasteiger partial charge is 0.457 e. The summed E-state index contributed by atoms with van der Waals surface area (Å²) in [6, 6.07) is 8.90.